The highest BCUT2D eigenvalue weighted by atomic mass is 32.1. The Hall–Kier alpha value is -3.12. The summed E-state index contributed by atoms with van der Waals surface area (Å²) >= 11 is 1.52. The zero-order valence-corrected chi connectivity index (χ0v) is 15.6. The van der Waals surface area contributed by atoms with Crippen molar-refractivity contribution in [2.24, 2.45) is 0 Å². The lowest BCUT2D eigenvalue weighted by atomic mass is 10.0. The fourth-order valence-electron chi connectivity index (χ4n) is 2.85. The van der Waals surface area contributed by atoms with Gasteiger partial charge in [-0.05, 0) is 41.5 Å². The highest BCUT2D eigenvalue weighted by Gasteiger charge is 2.12. The molecule has 0 atom stereocenters. The number of fused-ring (bicyclic) bond motifs is 1. The van der Waals surface area contributed by atoms with Gasteiger partial charge in [-0.15, -0.1) is 11.3 Å². The molecule has 0 bridgehead atoms. The predicted octanol–water partition coefficient (Wildman–Crippen LogP) is 4.64. The van der Waals surface area contributed by atoms with Crippen molar-refractivity contribution in [3.63, 3.8) is 0 Å². The molecular formula is C21H18N2O3S. The highest BCUT2D eigenvalue weighted by Crippen LogP contribution is 2.21. The van der Waals surface area contributed by atoms with E-state index in [-0.39, 0.29) is 5.78 Å². The van der Waals surface area contributed by atoms with Gasteiger partial charge in [0.1, 0.15) is 23.8 Å². The number of Topliss-reactive ketones (excluding diaryl/α,β-unsaturated/α-hetero) is 1. The first kappa shape index (κ1) is 17.3. The highest BCUT2D eigenvalue weighted by molar-refractivity contribution is 7.16. The van der Waals surface area contributed by atoms with Gasteiger partial charge in [-0.3, -0.25) is 4.79 Å². The van der Waals surface area contributed by atoms with Crippen molar-refractivity contribution in [3.8, 4) is 11.5 Å². The molecule has 27 heavy (non-hydrogen) atoms. The van der Waals surface area contributed by atoms with Crippen molar-refractivity contribution in [2.45, 2.75) is 13.0 Å². The van der Waals surface area contributed by atoms with Crippen LogP contribution in [-0.2, 0) is 13.0 Å². The number of nitrogens with zero attached hydrogens (tertiary/aromatic N) is 1. The summed E-state index contributed by atoms with van der Waals surface area (Å²) in [6, 6.07) is 17.2. The molecule has 0 spiro atoms. The molecule has 6 heteroatoms. The van der Waals surface area contributed by atoms with Gasteiger partial charge in [-0.25, -0.2) is 4.98 Å². The molecule has 0 amide bonds. The molecule has 5 nitrogen and oxygen atoms in total. The summed E-state index contributed by atoms with van der Waals surface area (Å²) in [6.07, 6.45) is 0.337. The van der Waals surface area contributed by atoms with Crippen molar-refractivity contribution in [2.75, 3.05) is 7.11 Å². The third-order valence-corrected chi connectivity index (χ3v) is 5.02. The van der Waals surface area contributed by atoms with Crippen LogP contribution in [0.4, 0.5) is 0 Å². The van der Waals surface area contributed by atoms with Crippen LogP contribution in [0, 0.1) is 0 Å². The maximum Gasteiger partial charge on any atom is 0.183 e. The molecule has 4 rings (SSSR count). The molecule has 0 saturated heterocycles. The Labute approximate surface area is 160 Å². The molecule has 0 aliphatic rings. The van der Waals surface area contributed by atoms with Crippen LogP contribution in [0.25, 0.3) is 10.3 Å². The lowest BCUT2D eigenvalue weighted by Gasteiger charge is -2.08. The number of ketones is 1. The summed E-state index contributed by atoms with van der Waals surface area (Å²) in [4.78, 5) is 19.8. The number of carbonyl (C=O) groups excluding carboxylic acids is 1. The second-order valence-electron chi connectivity index (χ2n) is 6.13. The monoisotopic (exact) mass is 378 g/mol. The fourth-order valence-corrected chi connectivity index (χ4v) is 3.52. The van der Waals surface area contributed by atoms with E-state index in [0.717, 1.165) is 33.0 Å². The Morgan fingerprint density at radius 3 is 2.63 bits per heavy atom. The summed E-state index contributed by atoms with van der Waals surface area (Å²) in [5.74, 6) is 1.62. The van der Waals surface area contributed by atoms with E-state index in [1.807, 2.05) is 54.6 Å². The molecule has 2 heterocycles. The average Bonchev–Trinajstić information content (AvgIpc) is 3.29. The van der Waals surface area contributed by atoms with Crippen molar-refractivity contribution >= 4 is 27.5 Å². The van der Waals surface area contributed by atoms with E-state index in [2.05, 4.69) is 9.97 Å². The third kappa shape index (κ3) is 4.01. The van der Waals surface area contributed by atoms with Gasteiger partial charge in [-0.2, -0.15) is 0 Å². The van der Waals surface area contributed by atoms with Gasteiger partial charge in [0.15, 0.2) is 5.78 Å². The molecule has 0 aliphatic carbocycles. The van der Waals surface area contributed by atoms with Crippen molar-refractivity contribution < 1.29 is 14.3 Å². The smallest absolute Gasteiger partial charge is 0.183 e. The number of carbonyl (C=O) groups is 1. The Morgan fingerprint density at radius 2 is 1.85 bits per heavy atom. The number of nitrogens with one attached hydrogen (secondary N) is 1. The fraction of sp³-hybridized carbons (Fsp3) is 0.143. The molecule has 2 aromatic heterocycles. The molecule has 0 unspecified atom stereocenters. The molecule has 0 aliphatic heterocycles. The number of aromatic nitrogens is 2. The van der Waals surface area contributed by atoms with Gasteiger partial charge in [0, 0.05) is 6.42 Å². The Morgan fingerprint density at radius 1 is 1.07 bits per heavy atom. The summed E-state index contributed by atoms with van der Waals surface area (Å²) in [6.45, 7) is 0.441. The van der Waals surface area contributed by atoms with Crippen LogP contribution in [0.15, 0.2) is 60.1 Å². The molecule has 1 N–H and O–H groups in total. The van der Waals surface area contributed by atoms with Crippen LogP contribution in [-0.4, -0.2) is 22.9 Å². The maximum atomic E-state index is 12.5. The predicted molar refractivity (Wildman–Crippen MR) is 106 cm³/mol. The molecule has 0 saturated carbocycles. The Bertz CT molecular complexity index is 1040. The third-order valence-electron chi connectivity index (χ3n) is 4.24. The van der Waals surface area contributed by atoms with Crippen LogP contribution in [0.3, 0.4) is 0 Å². The molecule has 2 aromatic carbocycles. The quantitative estimate of drug-likeness (QED) is 0.476. The summed E-state index contributed by atoms with van der Waals surface area (Å²) in [7, 11) is 1.63. The number of hydrogen-bond donors (Lipinski definition) is 1. The first-order valence-electron chi connectivity index (χ1n) is 8.51. The number of thiazole rings is 1. The Kier molecular flexibility index (Phi) is 4.89. The maximum absolute atomic E-state index is 12.5. The number of H-pyrrole nitrogens is 1. The van der Waals surface area contributed by atoms with Crippen molar-refractivity contribution in [3.05, 3.63) is 76.9 Å². The minimum absolute atomic E-state index is 0.0495. The van der Waals surface area contributed by atoms with Crippen LogP contribution in [0.2, 0.25) is 0 Å². The molecule has 4 aromatic rings. The SMILES string of the molecule is COc1ccc(OCc2cccc(CC(=O)c3cc4scnc4[nH]3)c2)cc1. The van der Waals surface area contributed by atoms with E-state index in [1.54, 1.807) is 12.6 Å². The first-order chi connectivity index (χ1) is 13.2. The normalized spacial score (nSPS) is 10.9. The summed E-state index contributed by atoms with van der Waals surface area (Å²) in [5.41, 5.74) is 5.11. The van der Waals surface area contributed by atoms with E-state index < -0.39 is 0 Å². The van der Waals surface area contributed by atoms with Gasteiger partial charge in [0.25, 0.3) is 0 Å². The summed E-state index contributed by atoms with van der Waals surface area (Å²) < 4.78 is 12.0. The lowest BCUT2D eigenvalue weighted by molar-refractivity contribution is 0.0989. The second kappa shape index (κ2) is 7.63. The molecular weight excluding hydrogens is 360 g/mol. The zero-order chi connectivity index (χ0) is 18.6. The van der Waals surface area contributed by atoms with Gasteiger partial charge in [0.05, 0.1) is 23.0 Å². The van der Waals surface area contributed by atoms with Crippen molar-refractivity contribution in [1.29, 1.82) is 0 Å². The van der Waals surface area contributed by atoms with E-state index in [9.17, 15) is 4.79 Å². The minimum Gasteiger partial charge on any atom is -0.497 e. The second-order valence-corrected chi connectivity index (χ2v) is 7.02. The van der Waals surface area contributed by atoms with Crippen LogP contribution in [0.1, 0.15) is 21.6 Å². The zero-order valence-electron chi connectivity index (χ0n) is 14.8. The van der Waals surface area contributed by atoms with Gasteiger partial charge in [-0.1, -0.05) is 24.3 Å². The number of methoxy groups -OCH3 is 1. The van der Waals surface area contributed by atoms with Gasteiger partial charge in [0.2, 0.25) is 0 Å². The molecule has 136 valence electrons. The van der Waals surface area contributed by atoms with E-state index in [4.69, 9.17) is 9.47 Å². The number of benzene rings is 2. The molecule has 0 fully saturated rings. The first-order valence-corrected chi connectivity index (χ1v) is 9.39. The van der Waals surface area contributed by atoms with E-state index in [0.29, 0.717) is 18.7 Å². The largest absolute Gasteiger partial charge is 0.497 e. The van der Waals surface area contributed by atoms with Crippen LogP contribution in [0.5, 0.6) is 11.5 Å². The Balaban J connectivity index is 1.40. The number of aromatic amines is 1. The minimum atomic E-state index is 0.0495. The van der Waals surface area contributed by atoms with E-state index >= 15 is 0 Å². The number of ether oxygens (including phenoxy) is 2. The van der Waals surface area contributed by atoms with Crippen LogP contribution >= 0.6 is 11.3 Å². The van der Waals surface area contributed by atoms with E-state index in [1.165, 1.54) is 11.3 Å². The molecule has 0 radical (unpaired) electrons. The topological polar surface area (TPSA) is 64.2 Å². The average molecular weight is 378 g/mol. The van der Waals surface area contributed by atoms with Gasteiger partial charge >= 0.3 is 0 Å². The number of rotatable bonds is 7. The standard InChI is InChI=1S/C21H18N2O3S/c1-25-16-5-7-17(8-6-16)26-12-15-4-2-3-14(9-15)10-19(24)18-11-20-21(23-18)22-13-27-20/h2-9,11,13,23H,10,12H2,1H3. The number of hydrogen-bond acceptors (Lipinski definition) is 5. The van der Waals surface area contributed by atoms with Crippen LogP contribution < -0.4 is 9.47 Å². The van der Waals surface area contributed by atoms with Crippen molar-refractivity contribution in [1.82, 2.24) is 9.97 Å². The summed E-state index contributed by atoms with van der Waals surface area (Å²) in [5, 5.41) is 0. The lowest BCUT2D eigenvalue weighted by Crippen LogP contribution is -2.05. The van der Waals surface area contributed by atoms with Gasteiger partial charge < -0.3 is 14.5 Å².